The summed E-state index contributed by atoms with van der Waals surface area (Å²) in [7, 11) is 0. The molecule has 0 aliphatic carbocycles. The van der Waals surface area contributed by atoms with E-state index in [0.717, 1.165) is 67.3 Å². The molecule has 4 heterocycles. The molecule has 24 heavy (non-hydrogen) atoms. The quantitative estimate of drug-likeness (QED) is 0.713. The maximum atomic E-state index is 6.15. The molecule has 0 bridgehead atoms. The topological polar surface area (TPSA) is 60.0 Å². The normalized spacial score (nSPS) is 20.7. The van der Waals surface area contributed by atoms with E-state index in [1.54, 1.807) is 0 Å². The summed E-state index contributed by atoms with van der Waals surface area (Å²) in [5.74, 6) is 3.56. The van der Waals surface area contributed by atoms with E-state index in [1.807, 2.05) is 18.2 Å². The maximum absolute atomic E-state index is 6.15. The van der Waals surface area contributed by atoms with E-state index in [0.29, 0.717) is 10.9 Å². The molecule has 1 atom stereocenters. The average Bonchev–Trinajstić information content (AvgIpc) is 3.29. The minimum Gasteiger partial charge on any atom is -0.354 e. The largest absolute Gasteiger partial charge is 0.354 e. The summed E-state index contributed by atoms with van der Waals surface area (Å²) in [5.41, 5.74) is 0.778. The third kappa shape index (κ3) is 2.20. The van der Waals surface area contributed by atoms with Gasteiger partial charge < -0.3 is 14.0 Å². The summed E-state index contributed by atoms with van der Waals surface area (Å²) in [6.45, 7) is 2.93. The Morgan fingerprint density at radius 2 is 2.12 bits per heavy atom. The lowest BCUT2D eigenvalue weighted by atomic mass is 9.97. The number of hydrogen-bond acceptors (Lipinski definition) is 5. The highest BCUT2D eigenvalue weighted by molar-refractivity contribution is 6.31. The second kappa shape index (κ2) is 5.48. The van der Waals surface area contributed by atoms with E-state index >= 15 is 0 Å². The fraction of sp³-hybridized carbons (Fsp3) is 0.471. The molecule has 2 aliphatic heterocycles. The highest BCUT2D eigenvalue weighted by Gasteiger charge is 2.30. The highest BCUT2D eigenvalue weighted by atomic mass is 35.5. The first-order valence-corrected chi connectivity index (χ1v) is 8.89. The van der Waals surface area contributed by atoms with Gasteiger partial charge in [0.2, 0.25) is 0 Å². The van der Waals surface area contributed by atoms with Gasteiger partial charge in [-0.15, -0.1) is 10.2 Å². The van der Waals surface area contributed by atoms with Gasteiger partial charge in [0.25, 0.3) is 0 Å². The van der Waals surface area contributed by atoms with Crippen LogP contribution in [0.4, 0.5) is 5.82 Å². The van der Waals surface area contributed by atoms with Gasteiger partial charge in [0.05, 0.1) is 5.39 Å². The lowest BCUT2D eigenvalue weighted by molar-refractivity contribution is 0.436. The molecule has 2 aliphatic rings. The van der Waals surface area contributed by atoms with Crippen LogP contribution in [0.25, 0.3) is 11.0 Å². The zero-order valence-corrected chi connectivity index (χ0v) is 14.0. The van der Waals surface area contributed by atoms with Crippen LogP contribution in [-0.2, 0) is 13.0 Å². The van der Waals surface area contributed by atoms with Crippen LogP contribution >= 0.6 is 11.6 Å². The number of nitrogens with zero attached hydrogens (tertiary/aromatic N) is 5. The lowest BCUT2D eigenvalue weighted by Gasteiger charge is -2.32. The van der Waals surface area contributed by atoms with Crippen molar-refractivity contribution in [1.29, 1.82) is 0 Å². The van der Waals surface area contributed by atoms with E-state index in [9.17, 15) is 0 Å². The fourth-order valence-electron chi connectivity index (χ4n) is 3.98. The predicted octanol–water partition coefficient (Wildman–Crippen LogP) is 3.40. The van der Waals surface area contributed by atoms with E-state index in [-0.39, 0.29) is 0 Å². The number of rotatable bonds is 2. The van der Waals surface area contributed by atoms with Crippen molar-refractivity contribution >= 4 is 28.4 Å². The molecule has 5 rings (SSSR count). The van der Waals surface area contributed by atoms with Crippen LogP contribution in [0, 0.1) is 0 Å². The number of aryl methyl sites for hydroxylation is 1. The average molecular weight is 344 g/mol. The molecule has 2 aromatic heterocycles. The SMILES string of the molecule is Clc1ccc2onc(N3CCCC(c4nnc5n4CCC5)C3)c2c1. The molecular formula is C17H18ClN5O. The van der Waals surface area contributed by atoms with Crippen LogP contribution in [0.15, 0.2) is 22.7 Å². The molecule has 7 heteroatoms. The predicted molar refractivity (Wildman–Crippen MR) is 91.6 cm³/mol. The molecule has 0 N–H and O–H groups in total. The molecule has 1 saturated heterocycles. The summed E-state index contributed by atoms with van der Waals surface area (Å²) in [4.78, 5) is 2.30. The second-order valence-electron chi connectivity index (χ2n) is 6.66. The van der Waals surface area contributed by atoms with Gasteiger partial charge >= 0.3 is 0 Å². The van der Waals surface area contributed by atoms with E-state index in [2.05, 4.69) is 24.8 Å². The van der Waals surface area contributed by atoms with Gasteiger partial charge in [0.1, 0.15) is 11.6 Å². The van der Waals surface area contributed by atoms with Crippen molar-refractivity contribution in [3.8, 4) is 0 Å². The zero-order chi connectivity index (χ0) is 16.1. The number of fused-ring (bicyclic) bond motifs is 2. The van der Waals surface area contributed by atoms with Crippen LogP contribution in [0.5, 0.6) is 0 Å². The molecule has 0 saturated carbocycles. The van der Waals surface area contributed by atoms with Crippen molar-refractivity contribution < 1.29 is 4.52 Å². The number of anilines is 1. The Labute approximate surface area is 144 Å². The molecule has 1 unspecified atom stereocenters. The van der Waals surface area contributed by atoms with Crippen molar-refractivity contribution in [3.63, 3.8) is 0 Å². The van der Waals surface area contributed by atoms with Gasteiger partial charge in [-0.05, 0) is 37.5 Å². The molecule has 6 nitrogen and oxygen atoms in total. The van der Waals surface area contributed by atoms with Crippen LogP contribution in [0.1, 0.15) is 36.8 Å². The Balaban J connectivity index is 1.47. The Hall–Kier alpha value is -2.08. The first kappa shape index (κ1) is 14.3. The summed E-state index contributed by atoms with van der Waals surface area (Å²) < 4.78 is 7.79. The third-order valence-corrected chi connectivity index (χ3v) is 5.37. The number of aromatic nitrogens is 4. The van der Waals surface area contributed by atoms with Gasteiger partial charge in [-0.2, -0.15) is 0 Å². The van der Waals surface area contributed by atoms with E-state index in [1.165, 1.54) is 6.42 Å². The Morgan fingerprint density at radius 3 is 3.08 bits per heavy atom. The zero-order valence-electron chi connectivity index (χ0n) is 13.3. The van der Waals surface area contributed by atoms with Gasteiger partial charge in [0, 0.05) is 37.0 Å². The van der Waals surface area contributed by atoms with Crippen LogP contribution in [0.2, 0.25) is 5.02 Å². The Bertz CT molecular complexity index is 902. The van der Waals surface area contributed by atoms with Crippen LogP contribution in [-0.4, -0.2) is 33.0 Å². The number of benzene rings is 1. The second-order valence-corrected chi connectivity index (χ2v) is 7.10. The number of piperidine rings is 1. The van der Waals surface area contributed by atoms with Gasteiger partial charge in [-0.25, -0.2) is 0 Å². The number of halogens is 1. The highest BCUT2D eigenvalue weighted by Crippen LogP contribution is 2.34. The van der Waals surface area contributed by atoms with Gasteiger partial charge in [-0.1, -0.05) is 16.8 Å². The van der Waals surface area contributed by atoms with E-state index < -0.39 is 0 Å². The summed E-state index contributed by atoms with van der Waals surface area (Å²) in [5, 5.41) is 14.8. The Morgan fingerprint density at radius 1 is 1.17 bits per heavy atom. The van der Waals surface area contributed by atoms with Crippen molar-refractivity contribution in [3.05, 3.63) is 34.9 Å². The first-order chi connectivity index (χ1) is 11.8. The maximum Gasteiger partial charge on any atom is 0.180 e. The molecule has 3 aromatic rings. The summed E-state index contributed by atoms with van der Waals surface area (Å²) in [6, 6.07) is 5.64. The molecule has 0 radical (unpaired) electrons. The lowest BCUT2D eigenvalue weighted by Crippen LogP contribution is -2.35. The van der Waals surface area contributed by atoms with Crippen molar-refractivity contribution in [1.82, 2.24) is 19.9 Å². The summed E-state index contributed by atoms with van der Waals surface area (Å²) in [6.07, 6.45) is 4.49. The fourth-order valence-corrected chi connectivity index (χ4v) is 4.15. The van der Waals surface area contributed by atoms with Crippen LogP contribution < -0.4 is 4.90 Å². The Kier molecular flexibility index (Phi) is 3.26. The van der Waals surface area contributed by atoms with Crippen molar-refractivity contribution in [2.24, 2.45) is 0 Å². The van der Waals surface area contributed by atoms with Gasteiger partial charge in [-0.3, -0.25) is 0 Å². The first-order valence-electron chi connectivity index (χ1n) is 8.51. The molecule has 1 fully saturated rings. The molecule has 0 spiro atoms. The van der Waals surface area contributed by atoms with Crippen molar-refractivity contribution in [2.75, 3.05) is 18.0 Å². The minimum atomic E-state index is 0.393. The van der Waals surface area contributed by atoms with Crippen molar-refractivity contribution in [2.45, 2.75) is 38.1 Å². The molecule has 124 valence electrons. The molecule has 1 aromatic carbocycles. The summed E-state index contributed by atoms with van der Waals surface area (Å²) >= 11 is 6.15. The third-order valence-electron chi connectivity index (χ3n) is 5.14. The standard InChI is InChI=1S/C17H18ClN5O/c18-12-5-6-14-13(9-12)17(21-24-14)22-7-1-3-11(10-22)16-20-19-15-4-2-8-23(15)16/h5-6,9,11H,1-4,7-8,10H2. The molecular weight excluding hydrogens is 326 g/mol. The van der Waals surface area contributed by atoms with Gasteiger partial charge in [0.15, 0.2) is 11.4 Å². The smallest absolute Gasteiger partial charge is 0.180 e. The number of hydrogen-bond donors (Lipinski definition) is 0. The van der Waals surface area contributed by atoms with Crippen LogP contribution in [0.3, 0.4) is 0 Å². The van der Waals surface area contributed by atoms with E-state index in [4.69, 9.17) is 16.1 Å². The molecule has 0 amide bonds. The minimum absolute atomic E-state index is 0.393. The monoisotopic (exact) mass is 343 g/mol.